The van der Waals surface area contributed by atoms with Gasteiger partial charge in [0, 0.05) is 19.3 Å². The van der Waals surface area contributed by atoms with Crippen molar-refractivity contribution in [3.63, 3.8) is 0 Å². The molecule has 0 bridgehead atoms. The van der Waals surface area contributed by atoms with E-state index in [1.165, 1.54) is 0 Å². The molecule has 0 spiro atoms. The van der Waals surface area contributed by atoms with Crippen LogP contribution in [0.15, 0.2) is 36.5 Å². The molecule has 0 aliphatic rings. The molecule has 0 radical (unpaired) electrons. The van der Waals surface area contributed by atoms with Gasteiger partial charge in [-0.3, -0.25) is 9.78 Å². The van der Waals surface area contributed by atoms with E-state index in [1.807, 2.05) is 32.0 Å². The van der Waals surface area contributed by atoms with E-state index in [-0.39, 0.29) is 6.42 Å². The number of aryl methyl sites for hydroxylation is 2. The van der Waals surface area contributed by atoms with E-state index in [4.69, 9.17) is 9.84 Å². The van der Waals surface area contributed by atoms with Gasteiger partial charge in [0.05, 0.1) is 12.1 Å². The fourth-order valence-corrected chi connectivity index (χ4v) is 2.43. The van der Waals surface area contributed by atoms with Gasteiger partial charge in [-0.25, -0.2) is 0 Å². The molecule has 0 atom stereocenters. The highest BCUT2D eigenvalue weighted by Gasteiger charge is 2.07. The summed E-state index contributed by atoms with van der Waals surface area (Å²) in [6.07, 6.45) is 1.88. The van der Waals surface area contributed by atoms with E-state index in [0.717, 1.165) is 28.1 Å². The van der Waals surface area contributed by atoms with Gasteiger partial charge >= 0.3 is 5.97 Å². The van der Waals surface area contributed by atoms with Crippen LogP contribution >= 0.6 is 0 Å². The average Bonchev–Trinajstić information content (AvgIpc) is 2.51. The lowest BCUT2D eigenvalue weighted by Gasteiger charge is -2.14. The summed E-state index contributed by atoms with van der Waals surface area (Å²) in [5.74, 6) is 0.0908. The molecule has 0 aliphatic carbocycles. The number of carboxylic acids is 1. The van der Waals surface area contributed by atoms with Gasteiger partial charge in [-0.05, 0) is 42.7 Å². The van der Waals surface area contributed by atoms with Crippen LogP contribution in [0.1, 0.15) is 28.8 Å². The number of carboxylic acid groups (broad SMARTS) is 1. The number of hydrogen-bond acceptors (Lipinski definition) is 4. The molecular weight excluding hydrogens is 292 g/mol. The minimum Gasteiger partial charge on any atom is -0.487 e. The molecule has 1 aromatic carbocycles. The Kier molecular flexibility index (Phi) is 6.11. The van der Waals surface area contributed by atoms with Gasteiger partial charge in [0.1, 0.15) is 12.4 Å². The Morgan fingerprint density at radius 3 is 2.61 bits per heavy atom. The summed E-state index contributed by atoms with van der Waals surface area (Å²) in [6.45, 7) is 5.59. The second kappa shape index (κ2) is 8.29. The molecule has 122 valence electrons. The Labute approximate surface area is 136 Å². The number of nitrogens with zero attached hydrogens (tertiary/aromatic N) is 1. The van der Waals surface area contributed by atoms with Crippen LogP contribution in [-0.2, 0) is 17.9 Å². The van der Waals surface area contributed by atoms with Crippen LogP contribution in [0.3, 0.4) is 0 Å². The maximum absolute atomic E-state index is 10.5. The first-order chi connectivity index (χ1) is 11.1. The number of nitrogens with one attached hydrogen (secondary N) is 1. The number of benzene rings is 1. The third-order valence-electron chi connectivity index (χ3n) is 3.46. The van der Waals surface area contributed by atoms with E-state index in [0.29, 0.717) is 19.7 Å². The van der Waals surface area contributed by atoms with Crippen LogP contribution in [-0.4, -0.2) is 22.6 Å². The molecule has 0 fully saturated rings. The molecule has 5 heteroatoms. The molecule has 0 saturated heterocycles. The summed E-state index contributed by atoms with van der Waals surface area (Å²) in [5.41, 5.74) is 4.15. The van der Waals surface area contributed by atoms with Crippen molar-refractivity contribution in [2.45, 2.75) is 33.4 Å². The minimum absolute atomic E-state index is 0.128. The number of ether oxygens (including phenoxy) is 1. The Balaban J connectivity index is 1.95. The summed E-state index contributed by atoms with van der Waals surface area (Å²) in [6, 6.07) is 9.89. The van der Waals surface area contributed by atoms with Crippen LogP contribution in [0.4, 0.5) is 0 Å². The Morgan fingerprint density at radius 1 is 1.26 bits per heavy atom. The summed E-state index contributed by atoms with van der Waals surface area (Å²) in [7, 11) is 0. The summed E-state index contributed by atoms with van der Waals surface area (Å²) in [5, 5.41) is 11.8. The first-order valence-corrected chi connectivity index (χ1v) is 7.61. The third kappa shape index (κ3) is 5.38. The van der Waals surface area contributed by atoms with E-state index in [2.05, 4.69) is 22.4 Å². The van der Waals surface area contributed by atoms with E-state index >= 15 is 0 Å². The minimum atomic E-state index is -0.789. The molecule has 1 heterocycles. The fourth-order valence-electron chi connectivity index (χ4n) is 2.43. The number of hydrogen-bond donors (Lipinski definition) is 2. The first-order valence-electron chi connectivity index (χ1n) is 7.61. The Hall–Kier alpha value is -2.40. The molecule has 1 aromatic heterocycles. The lowest BCUT2D eigenvalue weighted by Crippen LogP contribution is -2.17. The number of rotatable bonds is 8. The van der Waals surface area contributed by atoms with Gasteiger partial charge < -0.3 is 15.2 Å². The predicted octanol–water partition coefficient (Wildman–Crippen LogP) is 2.84. The van der Waals surface area contributed by atoms with Crippen LogP contribution in [0.5, 0.6) is 5.75 Å². The van der Waals surface area contributed by atoms with Gasteiger partial charge in [-0.1, -0.05) is 18.2 Å². The molecule has 23 heavy (non-hydrogen) atoms. The molecular formula is C18H22N2O3. The summed E-state index contributed by atoms with van der Waals surface area (Å²) >= 11 is 0. The van der Waals surface area contributed by atoms with Crippen molar-refractivity contribution in [3.05, 3.63) is 58.9 Å². The number of carbonyl (C=O) groups is 1. The van der Waals surface area contributed by atoms with Crippen molar-refractivity contribution in [2.24, 2.45) is 0 Å². The highest BCUT2D eigenvalue weighted by molar-refractivity contribution is 5.66. The Morgan fingerprint density at radius 2 is 2.00 bits per heavy atom. The first kappa shape index (κ1) is 17.0. The SMILES string of the molecule is Cc1cc(CNCCC(=O)O)cc(C)c1OCc1ccccn1. The van der Waals surface area contributed by atoms with E-state index in [9.17, 15) is 4.79 Å². The van der Waals surface area contributed by atoms with Gasteiger partial charge in [-0.2, -0.15) is 0 Å². The fraction of sp³-hybridized carbons (Fsp3) is 0.333. The van der Waals surface area contributed by atoms with Crippen molar-refractivity contribution >= 4 is 5.97 Å². The average molecular weight is 314 g/mol. The second-order valence-electron chi connectivity index (χ2n) is 5.49. The zero-order valence-corrected chi connectivity index (χ0v) is 13.5. The zero-order chi connectivity index (χ0) is 16.7. The monoisotopic (exact) mass is 314 g/mol. The Bertz CT molecular complexity index is 634. The highest BCUT2D eigenvalue weighted by Crippen LogP contribution is 2.25. The normalized spacial score (nSPS) is 10.5. The van der Waals surface area contributed by atoms with Crippen LogP contribution in [0, 0.1) is 13.8 Å². The lowest BCUT2D eigenvalue weighted by atomic mass is 10.1. The summed E-state index contributed by atoms with van der Waals surface area (Å²) in [4.78, 5) is 14.7. The summed E-state index contributed by atoms with van der Waals surface area (Å²) < 4.78 is 5.91. The van der Waals surface area contributed by atoms with Crippen molar-refractivity contribution in [1.29, 1.82) is 0 Å². The highest BCUT2D eigenvalue weighted by atomic mass is 16.5. The topological polar surface area (TPSA) is 71.5 Å². The molecule has 2 aromatic rings. The molecule has 0 unspecified atom stereocenters. The third-order valence-corrected chi connectivity index (χ3v) is 3.46. The predicted molar refractivity (Wildman–Crippen MR) is 88.4 cm³/mol. The van der Waals surface area contributed by atoms with E-state index < -0.39 is 5.97 Å². The smallest absolute Gasteiger partial charge is 0.304 e. The van der Waals surface area contributed by atoms with Crippen LogP contribution < -0.4 is 10.1 Å². The van der Waals surface area contributed by atoms with Gasteiger partial charge in [0.2, 0.25) is 0 Å². The largest absolute Gasteiger partial charge is 0.487 e. The zero-order valence-electron chi connectivity index (χ0n) is 13.5. The van der Waals surface area contributed by atoms with Crippen LogP contribution in [0.25, 0.3) is 0 Å². The van der Waals surface area contributed by atoms with E-state index in [1.54, 1.807) is 6.20 Å². The van der Waals surface area contributed by atoms with Gasteiger partial charge in [0.25, 0.3) is 0 Å². The maximum Gasteiger partial charge on any atom is 0.304 e. The van der Waals surface area contributed by atoms with Gasteiger partial charge in [-0.15, -0.1) is 0 Å². The van der Waals surface area contributed by atoms with Crippen molar-refractivity contribution in [3.8, 4) is 5.75 Å². The molecule has 5 nitrogen and oxygen atoms in total. The van der Waals surface area contributed by atoms with Crippen molar-refractivity contribution in [2.75, 3.05) is 6.54 Å². The molecule has 2 rings (SSSR count). The second-order valence-corrected chi connectivity index (χ2v) is 5.49. The standard InChI is InChI=1S/C18H22N2O3/c1-13-9-15(11-19-8-6-17(21)22)10-14(2)18(13)23-12-16-5-3-4-7-20-16/h3-5,7,9-10,19H,6,8,11-12H2,1-2H3,(H,21,22). The lowest BCUT2D eigenvalue weighted by molar-refractivity contribution is -0.136. The van der Waals surface area contributed by atoms with Crippen LogP contribution in [0.2, 0.25) is 0 Å². The molecule has 0 aliphatic heterocycles. The number of aromatic nitrogens is 1. The van der Waals surface area contributed by atoms with Crippen molar-refractivity contribution in [1.82, 2.24) is 10.3 Å². The number of aliphatic carboxylic acids is 1. The van der Waals surface area contributed by atoms with Gasteiger partial charge in [0.15, 0.2) is 0 Å². The number of pyridine rings is 1. The van der Waals surface area contributed by atoms with Crippen molar-refractivity contribution < 1.29 is 14.6 Å². The molecule has 0 amide bonds. The maximum atomic E-state index is 10.5. The molecule has 0 saturated carbocycles. The quantitative estimate of drug-likeness (QED) is 0.733. The molecule has 2 N–H and O–H groups in total.